The number of rotatable bonds is 4. The van der Waals surface area contributed by atoms with Crippen molar-refractivity contribution in [3.63, 3.8) is 0 Å². The molecule has 0 aliphatic heterocycles. The average molecular weight is 284 g/mol. The van der Waals surface area contributed by atoms with E-state index in [1.54, 1.807) is 0 Å². The minimum atomic E-state index is -3.68. The van der Waals surface area contributed by atoms with E-state index in [0.29, 0.717) is 0 Å². The Balaban J connectivity index is 2.98. The maximum atomic E-state index is 11.7. The Labute approximate surface area is 104 Å². The quantitative estimate of drug-likeness (QED) is 0.883. The molecule has 4 nitrogen and oxygen atoms in total. The summed E-state index contributed by atoms with van der Waals surface area (Å²) in [6.45, 7) is 1.42. The van der Waals surface area contributed by atoms with Crippen LogP contribution in [0.25, 0.3) is 0 Å². The van der Waals surface area contributed by atoms with Crippen molar-refractivity contribution in [1.29, 1.82) is 0 Å². The van der Waals surface area contributed by atoms with Crippen molar-refractivity contribution in [3.05, 3.63) is 28.2 Å². The first-order valence-corrected chi connectivity index (χ1v) is 6.69. The highest BCUT2D eigenvalue weighted by molar-refractivity contribution is 7.89. The van der Waals surface area contributed by atoms with E-state index >= 15 is 0 Å². The molecule has 0 radical (unpaired) electrons. The van der Waals surface area contributed by atoms with E-state index in [4.69, 9.17) is 28.3 Å². The standard InChI is InChI=1S/C9H11Cl2NO3S/c1-6(13)5-12-16(14,15)9-3-7(10)2-8(11)4-9/h2-4,6,12-13H,5H2,1H3/t6-/m1/s1. The molecule has 7 heteroatoms. The summed E-state index contributed by atoms with van der Waals surface area (Å²) >= 11 is 11.4. The third kappa shape index (κ3) is 3.92. The molecule has 0 saturated carbocycles. The Morgan fingerprint density at radius 1 is 1.31 bits per heavy atom. The first kappa shape index (κ1) is 13.7. The van der Waals surface area contributed by atoms with Gasteiger partial charge in [0.1, 0.15) is 0 Å². The molecular weight excluding hydrogens is 273 g/mol. The monoisotopic (exact) mass is 283 g/mol. The van der Waals surface area contributed by atoms with Gasteiger partial charge in [0.25, 0.3) is 0 Å². The number of benzene rings is 1. The van der Waals surface area contributed by atoms with Gasteiger partial charge in [-0.25, -0.2) is 13.1 Å². The maximum Gasteiger partial charge on any atom is 0.240 e. The molecule has 16 heavy (non-hydrogen) atoms. The Bertz CT molecular complexity index is 453. The zero-order valence-corrected chi connectivity index (χ0v) is 10.8. The molecule has 2 N–H and O–H groups in total. The second kappa shape index (κ2) is 5.33. The molecule has 0 amide bonds. The fraction of sp³-hybridized carbons (Fsp3) is 0.333. The molecule has 0 aliphatic carbocycles. The minimum Gasteiger partial charge on any atom is -0.392 e. The fourth-order valence-electron chi connectivity index (χ4n) is 0.997. The van der Waals surface area contributed by atoms with Crippen molar-refractivity contribution in [2.75, 3.05) is 6.54 Å². The zero-order valence-electron chi connectivity index (χ0n) is 8.44. The maximum absolute atomic E-state index is 11.7. The number of hydrogen-bond acceptors (Lipinski definition) is 3. The van der Waals surface area contributed by atoms with Gasteiger partial charge in [0.05, 0.1) is 11.0 Å². The van der Waals surface area contributed by atoms with Crippen LogP contribution < -0.4 is 4.72 Å². The van der Waals surface area contributed by atoms with Crippen molar-refractivity contribution >= 4 is 33.2 Å². The van der Waals surface area contributed by atoms with Gasteiger partial charge in [-0.3, -0.25) is 0 Å². The van der Waals surface area contributed by atoms with Crippen LogP contribution in [0.4, 0.5) is 0 Å². The second-order valence-corrected chi connectivity index (χ2v) is 5.95. The third-order valence-corrected chi connectivity index (χ3v) is 3.55. The highest BCUT2D eigenvalue weighted by Crippen LogP contribution is 2.22. The molecular formula is C9H11Cl2NO3S. The number of nitrogens with one attached hydrogen (secondary N) is 1. The van der Waals surface area contributed by atoms with Gasteiger partial charge >= 0.3 is 0 Å². The van der Waals surface area contributed by atoms with Gasteiger partial charge < -0.3 is 5.11 Å². The molecule has 1 atom stereocenters. The van der Waals surface area contributed by atoms with Gasteiger partial charge in [-0.1, -0.05) is 23.2 Å². The summed E-state index contributed by atoms with van der Waals surface area (Å²) in [5.74, 6) is 0. The summed E-state index contributed by atoms with van der Waals surface area (Å²) in [5, 5.41) is 9.47. The van der Waals surface area contributed by atoms with E-state index in [1.807, 2.05) is 0 Å². The van der Waals surface area contributed by atoms with Gasteiger partial charge in [0.2, 0.25) is 10.0 Å². The number of aliphatic hydroxyl groups excluding tert-OH is 1. The smallest absolute Gasteiger partial charge is 0.240 e. The molecule has 0 aliphatic rings. The predicted molar refractivity (Wildman–Crippen MR) is 63.3 cm³/mol. The van der Waals surface area contributed by atoms with E-state index in [2.05, 4.69) is 4.72 Å². The molecule has 1 rings (SSSR count). The number of hydrogen-bond donors (Lipinski definition) is 2. The Hall–Kier alpha value is -0.330. The first-order chi connectivity index (χ1) is 7.31. The van der Waals surface area contributed by atoms with Crippen molar-refractivity contribution in [3.8, 4) is 0 Å². The normalized spacial score (nSPS) is 13.8. The number of halogens is 2. The van der Waals surface area contributed by atoms with Crippen LogP contribution in [0.5, 0.6) is 0 Å². The van der Waals surface area contributed by atoms with Gasteiger partial charge in [-0.05, 0) is 25.1 Å². The molecule has 0 aromatic heterocycles. The van der Waals surface area contributed by atoms with Crippen LogP contribution in [0.15, 0.2) is 23.1 Å². The van der Waals surface area contributed by atoms with Gasteiger partial charge in [0, 0.05) is 16.6 Å². The fourth-order valence-corrected chi connectivity index (χ4v) is 2.84. The Morgan fingerprint density at radius 2 is 1.81 bits per heavy atom. The van der Waals surface area contributed by atoms with Crippen molar-refractivity contribution in [2.24, 2.45) is 0 Å². The second-order valence-electron chi connectivity index (χ2n) is 3.31. The van der Waals surface area contributed by atoms with E-state index in [-0.39, 0.29) is 21.5 Å². The lowest BCUT2D eigenvalue weighted by atomic mass is 10.4. The summed E-state index contributed by atoms with van der Waals surface area (Å²) in [5.41, 5.74) is 0. The Kier molecular flexibility index (Phi) is 4.58. The molecule has 0 heterocycles. The van der Waals surface area contributed by atoms with Gasteiger partial charge in [-0.2, -0.15) is 0 Å². The predicted octanol–water partition coefficient (Wildman–Crippen LogP) is 1.65. The van der Waals surface area contributed by atoms with E-state index in [9.17, 15) is 8.42 Å². The summed E-state index contributed by atoms with van der Waals surface area (Å²) in [4.78, 5) is -0.0225. The van der Waals surface area contributed by atoms with Crippen molar-refractivity contribution in [1.82, 2.24) is 4.72 Å². The lowest BCUT2D eigenvalue weighted by molar-refractivity contribution is 0.198. The number of aliphatic hydroxyl groups is 1. The summed E-state index contributed by atoms with van der Waals surface area (Å²) < 4.78 is 25.6. The number of sulfonamides is 1. The Morgan fingerprint density at radius 3 is 2.25 bits per heavy atom. The molecule has 0 fully saturated rings. The topological polar surface area (TPSA) is 66.4 Å². The SMILES string of the molecule is C[C@@H](O)CNS(=O)(=O)c1cc(Cl)cc(Cl)c1. The highest BCUT2D eigenvalue weighted by Gasteiger charge is 2.15. The highest BCUT2D eigenvalue weighted by atomic mass is 35.5. The summed E-state index contributed by atoms with van der Waals surface area (Å²) in [6, 6.07) is 4.02. The van der Waals surface area contributed by atoms with Gasteiger partial charge in [0.15, 0.2) is 0 Å². The van der Waals surface area contributed by atoms with Crippen LogP contribution in [0, 0.1) is 0 Å². The van der Waals surface area contributed by atoms with E-state index < -0.39 is 16.1 Å². The van der Waals surface area contributed by atoms with Gasteiger partial charge in [-0.15, -0.1) is 0 Å². The summed E-state index contributed by atoms with van der Waals surface area (Å²) in [6.07, 6.45) is -0.760. The lowest BCUT2D eigenvalue weighted by Gasteiger charge is -2.08. The van der Waals surface area contributed by atoms with Crippen LogP contribution in [-0.2, 0) is 10.0 Å². The molecule has 0 bridgehead atoms. The molecule has 0 spiro atoms. The van der Waals surface area contributed by atoms with Crippen LogP contribution in [0.3, 0.4) is 0 Å². The lowest BCUT2D eigenvalue weighted by Crippen LogP contribution is -2.30. The van der Waals surface area contributed by atoms with Crippen molar-refractivity contribution < 1.29 is 13.5 Å². The van der Waals surface area contributed by atoms with E-state index in [0.717, 1.165) is 0 Å². The first-order valence-electron chi connectivity index (χ1n) is 4.45. The van der Waals surface area contributed by atoms with Crippen LogP contribution in [0.2, 0.25) is 10.0 Å². The minimum absolute atomic E-state index is 0.0225. The third-order valence-electron chi connectivity index (χ3n) is 1.72. The zero-order chi connectivity index (χ0) is 12.3. The van der Waals surface area contributed by atoms with Crippen LogP contribution in [0.1, 0.15) is 6.92 Å². The summed E-state index contributed by atoms with van der Waals surface area (Å²) in [7, 11) is -3.68. The largest absolute Gasteiger partial charge is 0.392 e. The molecule has 90 valence electrons. The van der Waals surface area contributed by atoms with Crippen LogP contribution in [-0.4, -0.2) is 26.2 Å². The molecule has 1 aromatic carbocycles. The molecule has 0 saturated heterocycles. The van der Waals surface area contributed by atoms with Crippen LogP contribution >= 0.6 is 23.2 Å². The van der Waals surface area contributed by atoms with Crippen molar-refractivity contribution in [2.45, 2.75) is 17.9 Å². The molecule has 1 aromatic rings. The molecule has 0 unspecified atom stereocenters. The van der Waals surface area contributed by atoms with E-state index in [1.165, 1.54) is 25.1 Å². The average Bonchev–Trinajstić information content (AvgIpc) is 2.13.